The van der Waals surface area contributed by atoms with Crippen molar-refractivity contribution in [2.75, 3.05) is 11.5 Å². The van der Waals surface area contributed by atoms with E-state index in [0.29, 0.717) is 10.0 Å². The minimum absolute atomic E-state index is 0. The number of aliphatic hydroxyl groups is 2. The molecule has 8 nitrogen and oxygen atoms in total. The standard InChI is InChI=1S/2C35H36ClNO3S.2Na.2H/c2*1-34(2,40)30-9-4-3-7-25(30)13-17-32(41-23-35(18-19-35)22-33(38)39)27-8-5-6-24(20-27)10-15-29-16-12-26-11-14-28(36)21-31(26)37-29;;;;/h2*3-12,14-16,20-21,32,40H,13,17-19,22-23H2,1-2H3,(H,38,39);;;;/q;;2*+1;2*-1/b2*15-10+;;;;/t2*32-;;;;/m11..../s1. The number of hydrogen-bond donors (Lipinski definition) is 4. The van der Waals surface area contributed by atoms with Gasteiger partial charge in [-0.1, -0.05) is 157 Å². The molecule has 2 aliphatic carbocycles. The van der Waals surface area contributed by atoms with Crippen LogP contribution in [0.15, 0.2) is 158 Å². The van der Waals surface area contributed by atoms with Gasteiger partial charge in [-0.3, -0.25) is 9.59 Å². The maximum absolute atomic E-state index is 11.5. The van der Waals surface area contributed by atoms with Crippen molar-refractivity contribution in [1.82, 2.24) is 9.97 Å². The largest absolute Gasteiger partial charge is 1.00 e. The molecule has 428 valence electrons. The summed E-state index contributed by atoms with van der Waals surface area (Å²) in [7, 11) is 0. The number of fused-ring (bicyclic) bond motifs is 2. The number of aryl methyl sites for hydroxylation is 2. The summed E-state index contributed by atoms with van der Waals surface area (Å²) in [6, 6.07) is 52.9. The van der Waals surface area contributed by atoms with Gasteiger partial charge in [-0.15, -0.1) is 0 Å². The van der Waals surface area contributed by atoms with Crippen molar-refractivity contribution in [2.45, 2.75) is 114 Å². The Morgan fingerprint density at radius 3 is 1.29 bits per heavy atom. The Kier molecular flexibility index (Phi) is 24.1. The summed E-state index contributed by atoms with van der Waals surface area (Å²) in [5.41, 5.74) is 10.3. The van der Waals surface area contributed by atoms with E-state index in [1.165, 1.54) is 11.1 Å². The van der Waals surface area contributed by atoms with Crippen LogP contribution < -0.4 is 59.1 Å². The van der Waals surface area contributed by atoms with E-state index in [-0.39, 0.29) is 96.1 Å². The number of nitrogens with zero attached hydrogens (tertiary/aromatic N) is 2. The van der Waals surface area contributed by atoms with Gasteiger partial charge in [-0.25, -0.2) is 9.97 Å². The molecule has 4 N–H and O–H groups in total. The molecule has 8 aromatic rings. The third kappa shape index (κ3) is 19.4. The topological polar surface area (TPSA) is 141 Å². The van der Waals surface area contributed by atoms with Gasteiger partial charge in [0.2, 0.25) is 0 Å². The third-order valence-corrected chi connectivity index (χ3v) is 19.5. The number of aromatic nitrogens is 2. The first-order valence-corrected chi connectivity index (χ1v) is 31.0. The van der Waals surface area contributed by atoms with Crippen LogP contribution >= 0.6 is 46.7 Å². The number of thioether (sulfide) groups is 2. The van der Waals surface area contributed by atoms with E-state index in [1.54, 1.807) is 0 Å². The van der Waals surface area contributed by atoms with Crippen molar-refractivity contribution >= 4 is 105 Å². The molecular formula is C70H74Cl2N2Na2O6S2. The zero-order chi connectivity index (χ0) is 58.1. The Morgan fingerprint density at radius 2 is 0.917 bits per heavy atom. The summed E-state index contributed by atoms with van der Waals surface area (Å²) in [5.74, 6) is 0.243. The number of rotatable bonds is 24. The molecule has 0 aliphatic heterocycles. The van der Waals surface area contributed by atoms with Gasteiger partial charge >= 0.3 is 71.1 Å². The number of carboxylic acids is 2. The molecule has 0 amide bonds. The van der Waals surface area contributed by atoms with Gasteiger partial charge in [0.1, 0.15) is 0 Å². The molecule has 6 aromatic carbocycles. The number of carbonyl (C=O) groups is 2. The van der Waals surface area contributed by atoms with Gasteiger partial charge < -0.3 is 23.3 Å². The van der Waals surface area contributed by atoms with Gasteiger partial charge in [0, 0.05) is 42.8 Å². The van der Waals surface area contributed by atoms with Gasteiger partial charge in [0.15, 0.2) is 0 Å². The molecule has 2 fully saturated rings. The first-order valence-electron chi connectivity index (χ1n) is 28.2. The molecule has 2 atom stereocenters. The maximum Gasteiger partial charge on any atom is 1.00 e. The number of benzene rings is 6. The number of carboxylic acid groups (broad SMARTS) is 2. The molecule has 0 spiro atoms. The third-order valence-electron chi connectivity index (χ3n) is 15.7. The second kappa shape index (κ2) is 30.1. The minimum Gasteiger partial charge on any atom is -1.00 e. The molecule has 2 saturated carbocycles. The molecule has 2 heterocycles. The second-order valence-corrected chi connectivity index (χ2v) is 26.7. The van der Waals surface area contributed by atoms with Crippen LogP contribution in [-0.4, -0.2) is 53.8 Å². The summed E-state index contributed by atoms with van der Waals surface area (Å²) >= 11 is 16.1. The zero-order valence-electron chi connectivity index (χ0n) is 51.0. The van der Waals surface area contributed by atoms with Crippen molar-refractivity contribution in [1.29, 1.82) is 0 Å². The summed E-state index contributed by atoms with van der Waals surface area (Å²) in [4.78, 5) is 32.5. The zero-order valence-corrected chi connectivity index (χ0v) is 56.2. The normalized spacial score (nSPS) is 15.0. The predicted molar refractivity (Wildman–Crippen MR) is 345 cm³/mol. The van der Waals surface area contributed by atoms with Gasteiger partial charge in [-0.2, -0.15) is 23.5 Å². The average Bonchev–Trinajstić information content (AvgIpc) is 2.48. The first-order chi connectivity index (χ1) is 39.2. The quantitative estimate of drug-likeness (QED) is 0.0432. The Labute approximate surface area is 561 Å². The second-order valence-electron chi connectivity index (χ2n) is 23.4. The van der Waals surface area contributed by atoms with Crippen molar-refractivity contribution in [2.24, 2.45) is 10.8 Å². The number of pyridine rings is 2. The molecule has 10 rings (SSSR count). The van der Waals surface area contributed by atoms with E-state index in [1.807, 2.05) is 148 Å². The Morgan fingerprint density at radius 1 is 0.536 bits per heavy atom. The van der Waals surface area contributed by atoms with Gasteiger partial charge in [0.25, 0.3) is 0 Å². The van der Waals surface area contributed by atoms with Crippen molar-refractivity contribution in [3.05, 3.63) is 224 Å². The van der Waals surface area contributed by atoms with Crippen LogP contribution in [0.3, 0.4) is 0 Å². The fraction of sp³-hybridized carbons (Fsp3) is 0.314. The molecule has 0 bridgehead atoms. The summed E-state index contributed by atoms with van der Waals surface area (Å²) in [6.45, 7) is 7.32. The van der Waals surface area contributed by atoms with Crippen LogP contribution in [0.2, 0.25) is 10.0 Å². The van der Waals surface area contributed by atoms with Crippen molar-refractivity contribution < 1.29 is 92.0 Å². The van der Waals surface area contributed by atoms with E-state index in [4.69, 9.17) is 33.2 Å². The molecule has 0 saturated heterocycles. The van der Waals surface area contributed by atoms with E-state index in [9.17, 15) is 30.0 Å². The van der Waals surface area contributed by atoms with E-state index in [2.05, 4.69) is 84.9 Å². The smallest absolute Gasteiger partial charge is 1.00 e. The molecule has 84 heavy (non-hydrogen) atoms. The summed E-state index contributed by atoms with van der Waals surface area (Å²) in [5, 5.41) is 44.2. The van der Waals surface area contributed by atoms with Crippen LogP contribution in [0.4, 0.5) is 0 Å². The number of hydrogen-bond acceptors (Lipinski definition) is 8. The fourth-order valence-corrected chi connectivity index (χ4v) is 14.2. The predicted octanol–water partition coefficient (Wildman–Crippen LogP) is 12.1. The van der Waals surface area contributed by atoms with Crippen molar-refractivity contribution in [3.63, 3.8) is 0 Å². The van der Waals surface area contributed by atoms with E-state index >= 15 is 0 Å². The fourth-order valence-electron chi connectivity index (χ4n) is 10.7. The minimum atomic E-state index is -0.911. The average molecular weight is 1220 g/mol. The van der Waals surface area contributed by atoms with Crippen molar-refractivity contribution in [3.8, 4) is 0 Å². The van der Waals surface area contributed by atoms with Crippen LogP contribution in [0.5, 0.6) is 0 Å². The molecule has 0 unspecified atom stereocenters. The van der Waals surface area contributed by atoms with Crippen LogP contribution in [0.1, 0.15) is 148 Å². The van der Waals surface area contributed by atoms with Gasteiger partial charge in [0.05, 0.1) is 46.5 Å². The molecule has 2 aromatic heterocycles. The Bertz CT molecular complexity index is 3410. The van der Waals surface area contributed by atoms with E-state index < -0.39 is 23.1 Å². The summed E-state index contributed by atoms with van der Waals surface area (Å²) < 4.78 is 0. The first kappa shape index (κ1) is 67.3. The van der Waals surface area contributed by atoms with E-state index in [0.717, 1.165) is 129 Å². The van der Waals surface area contributed by atoms with Crippen LogP contribution in [0, 0.1) is 10.8 Å². The monoisotopic (exact) mass is 1220 g/mol. The SMILES string of the molecule is CC(C)(O)c1ccccc1CC[C@@H](SCC1(CC(=O)O)CC1)c1cccc(/C=C/c2ccc3ccc(Cl)cc3n2)c1.CC(C)(O)c1ccccc1CC[C@@H](SCC1(CC(=O)O)CC1)c1cccc(/C=C/c2ccc3ccc(Cl)cc3n2)c1.[H-].[H-].[Na+].[Na+]. The number of halogens is 2. The molecule has 0 radical (unpaired) electrons. The van der Waals surface area contributed by atoms with Gasteiger partial charge in [-0.05, 0) is 183 Å². The molecule has 14 heteroatoms. The number of aliphatic carboxylic acids is 2. The molecule has 2 aliphatic rings. The van der Waals surface area contributed by atoms with Crippen LogP contribution in [-0.2, 0) is 33.6 Å². The Hall–Kier alpha value is -4.24. The maximum atomic E-state index is 11.5. The Balaban J connectivity index is 0.000000300. The molecular weight excluding hydrogens is 1150 g/mol. The summed E-state index contributed by atoms with van der Waals surface area (Å²) in [6.07, 6.45) is 16.0. The van der Waals surface area contributed by atoms with Crippen LogP contribution in [0.25, 0.3) is 46.1 Å².